The largest absolute Gasteiger partial charge is 0.480 e. The topological polar surface area (TPSA) is 66.4 Å². The summed E-state index contributed by atoms with van der Waals surface area (Å²) in [5.41, 5.74) is 0. The molecular formula is C8H11NO3. The van der Waals surface area contributed by atoms with Crippen molar-refractivity contribution in [3.63, 3.8) is 0 Å². The average molecular weight is 169 g/mol. The average Bonchev–Trinajstić information content (AvgIpc) is 2.43. The van der Waals surface area contributed by atoms with E-state index in [1.165, 1.54) is 0 Å². The minimum Gasteiger partial charge on any atom is -0.480 e. The number of hydrogen-bond donors (Lipinski definition) is 2. The molecule has 1 saturated heterocycles. The first-order chi connectivity index (χ1) is 5.68. The molecule has 0 radical (unpaired) electrons. The highest BCUT2D eigenvalue weighted by Crippen LogP contribution is 2.35. The molecule has 2 aliphatic rings. The molecule has 0 aromatic heterocycles. The van der Waals surface area contributed by atoms with Gasteiger partial charge in [-0.3, -0.25) is 9.59 Å². The van der Waals surface area contributed by atoms with Crippen LogP contribution in [0, 0.1) is 11.8 Å². The molecule has 4 heteroatoms. The SMILES string of the molecule is O=C1C[C@@H]2CN[C@H](C(=O)O)[C@H]2C1. The van der Waals surface area contributed by atoms with E-state index in [-0.39, 0.29) is 17.6 Å². The molecule has 4 nitrogen and oxygen atoms in total. The van der Waals surface area contributed by atoms with Crippen LogP contribution in [0.5, 0.6) is 0 Å². The van der Waals surface area contributed by atoms with Gasteiger partial charge in [0, 0.05) is 12.8 Å². The zero-order valence-corrected chi connectivity index (χ0v) is 6.62. The molecule has 1 aliphatic heterocycles. The Morgan fingerprint density at radius 1 is 1.50 bits per heavy atom. The van der Waals surface area contributed by atoms with Crippen molar-refractivity contribution in [2.75, 3.05) is 6.54 Å². The lowest BCUT2D eigenvalue weighted by atomic mass is 9.94. The van der Waals surface area contributed by atoms with Gasteiger partial charge in [-0.1, -0.05) is 0 Å². The fraction of sp³-hybridized carbons (Fsp3) is 0.750. The van der Waals surface area contributed by atoms with E-state index in [0.717, 1.165) is 0 Å². The van der Waals surface area contributed by atoms with Gasteiger partial charge in [0.25, 0.3) is 0 Å². The molecule has 12 heavy (non-hydrogen) atoms. The molecule has 1 saturated carbocycles. The lowest BCUT2D eigenvalue weighted by Crippen LogP contribution is -2.35. The van der Waals surface area contributed by atoms with Crippen molar-refractivity contribution in [3.05, 3.63) is 0 Å². The van der Waals surface area contributed by atoms with E-state index in [0.29, 0.717) is 19.4 Å². The molecule has 2 fully saturated rings. The summed E-state index contributed by atoms with van der Waals surface area (Å²) in [7, 11) is 0. The molecule has 1 aliphatic carbocycles. The third kappa shape index (κ3) is 1.03. The summed E-state index contributed by atoms with van der Waals surface area (Å²) in [6.45, 7) is 0.688. The number of carboxylic acids is 1. The fourth-order valence-electron chi connectivity index (χ4n) is 2.27. The maximum Gasteiger partial charge on any atom is 0.321 e. The van der Waals surface area contributed by atoms with Gasteiger partial charge in [-0.15, -0.1) is 0 Å². The van der Waals surface area contributed by atoms with E-state index in [4.69, 9.17) is 5.11 Å². The Hall–Kier alpha value is -0.900. The van der Waals surface area contributed by atoms with Crippen LogP contribution >= 0.6 is 0 Å². The molecule has 0 aromatic rings. The highest BCUT2D eigenvalue weighted by molar-refractivity contribution is 5.84. The summed E-state index contributed by atoms with van der Waals surface area (Å²) in [5.74, 6) is -0.274. The highest BCUT2D eigenvalue weighted by Gasteiger charge is 2.45. The minimum absolute atomic E-state index is 0.0509. The van der Waals surface area contributed by atoms with Crippen molar-refractivity contribution in [2.45, 2.75) is 18.9 Å². The quantitative estimate of drug-likeness (QED) is 0.562. The number of carboxylic acid groups (broad SMARTS) is 1. The van der Waals surface area contributed by atoms with Crippen LogP contribution < -0.4 is 5.32 Å². The number of nitrogens with one attached hydrogen (secondary N) is 1. The molecule has 1 heterocycles. The number of rotatable bonds is 1. The number of aliphatic carboxylic acids is 1. The van der Waals surface area contributed by atoms with Crippen LogP contribution in [0.4, 0.5) is 0 Å². The van der Waals surface area contributed by atoms with E-state index in [1.807, 2.05) is 0 Å². The predicted molar refractivity (Wildman–Crippen MR) is 40.6 cm³/mol. The van der Waals surface area contributed by atoms with Crippen LogP contribution in [0.3, 0.4) is 0 Å². The Balaban J connectivity index is 2.13. The van der Waals surface area contributed by atoms with Crippen LogP contribution in [0.2, 0.25) is 0 Å². The van der Waals surface area contributed by atoms with E-state index < -0.39 is 12.0 Å². The number of fused-ring (bicyclic) bond motifs is 1. The normalized spacial score (nSPS) is 40.0. The van der Waals surface area contributed by atoms with Crippen molar-refractivity contribution in [2.24, 2.45) is 11.8 Å². The van der Waals surface area contributed by atoms with Gasteiger partial charge in [0.15, 0.2) is 0 Å². The molecule has 66 valence electrons. The van der Waals surface area contributed by atoms with Gasteiger partial charge < -0.3 is 10.4 Å². The maximum absolute atomic E-state index is 11.0. The standard InChI is InChI=1S/C8H11NO3/c10-5-1-4-3-9-7(8(11)12)6(4)2-5/h4,6-7,9H,1-3H2,(H,11,12)/t4-,6+,7+/m1/s1. The first-order valence-corrected chi connectivity index (χ1v) is 4.16. The van der Waals surface area contributed by atoms with Crippen LogP contribution in [0.15, 0.2) is 0 Å². The zero-order chi connectivity index (χ0) is 8.72. The fourth-order valence-corrected chi connectivity index (χ4v) is 2.27. The molecule has 2 N–H and O–H groups in total. The smallest absolute Gasteiger partial charge is 0.321 e. The zero-order valence-electron chi connectivity index (χ0n) is 6.62. The molecule has 0 spiro atoms. The van der Waals surface area contributed by atoms with Gasteiger partial charge in [-0.2, -0.15) is 0 Å². The number of Topliss-reactive ketones (excluding diaryl/α,β-unsaturated/α-hetero) is 1. The van der Waals surface area contributed by atoms with Crippen molar-refractivity contribution in [1.82, 2.24) is 5.32 Å². The molecular weight excluding hydrogens is 158 g/mol. The first kappa shape index (κ1) is 7.73. The second kappa shape index (κ2) is 2.55. The van der Waals surface area contributed by atoms with E-state index >= 15 is 0 Å². The van der Waals surface area contributed by atoms with Crippen molar-refractivity contribution >= 4 is 11.8 Å². The second-order valence-corrected chi connectivity index (χ2v) is 3.60. The third-order valence-corrected chi connectivity index (χ3v) is 2.85. The predicted octanol–water partition coefficient (Wildman–Crippen LogP) is -0.362. The Kier molecular flexibility index (Phi) is 1.65. The van der Waals surface area contributed by atoms with Crippen molar-refractivity contribution in [3.8, 4) is 0 Å². The molecule has 0 amide bonds. The Bertz CT molecular complexity index is 238. The third-order valence-electron chi connectivity index (χ3n) is 2.85. The lowest BCUT2D eigenvalue weighted by molar-refractivity contribution is -0.140. The summed E-state index contributed by atoms with van der Waals surface area (Å²) in [6, 6.07) is -0.485. The number of ketones is 1. The van der Waals surface area contributed by atoms with Crippen molar-refractivity contribution < 1.29 is 14.7 Å². The Morgan fingerprint density at radius 2 is 2.25 bits per heavy atom. The minimum atomic E-state index is -0.822. The summed E-state index contributed by atoms with van der Waals surface area (Å²) >= 11 is 0. The molecule has 0 unspecified atom stereocenters. The molecule has 3 atom stereocenters. The Morgan fingerprint density at radius 3 is 2.92 bits per heavy atom. The van der Waals surface area contributed by atoms with Crippen LogP contribution in [0.1, 0.15) is 12.8 Å². The van der Waals surface area contributed by atoms with E-state index in [1.54, 1.807) is 0 Å². The lowest BCUT2D eigenvalue weighted by Gasteiger charge is -2.11. The van der Waals surface area contributed by atoms with Gasteiger partial charge in [0.2, 0.25) is 0 Å². The first-order valence-electron chi connectivity index (χ1n) is 4.16. The monoisotopic (exact) mass is 169 g/mol. The van der Waals surface area contributed by atoms with Crippen LogP contribution in [-0.2, 0) is 9.59 Å². The summed E-state index contributed by atoms with van der Waals surface area (Å²) in [5, 5.41) is 11.7. The second-order valence-electron chi connectivity index (χ2n) is 3.60. The van der Waals surface area contributed by atoms with Gasteiger partial charge in [0.05, 0.1) is 0 Å². The van der Waals surface area contributed by atoms with Crippen LogP contribution in [-0.4, -0.2) is 29.4 Å². The summed E-state index contributed by atoms with van der Waals surface area (Å²) in [4.78, 5) is 21.7. The van der Waals surface area contributed by atoms with Gasteiger partial charge in [-0.05, 0) is 18.4 Å². The number of carbonyl (C=O) groups is 2. The van der Waals surface area contributed by atoms with E-state index in [9.17, 15) is 9.59 Å². The van der Waals surface area contributed by atoms with Gasteiger partial charge in [0.1, 0.15) is 11.8 Å². The highest BCUT2D eigenvalue weighted by atomic mass is 16.4. The molecule has 2 rings (SSSR count). The Labute approximate surface area is 69.9 Å². The van der Waals surface area contributed by atoms with Crippen molar-refractivity contribution in [1.29, 1.82) is 0 Å². The number of hydrogen-bond acceptors (Lipinski definition) is 3. The van der Waals surface area contributed by atoms with Gasteiger partial charge in [-0.25, -0.2) is 0 Å². The van der Waals surface area contributed by atoms with E-state index in [2.05, 4.69) is 5.32 Å². The number of carbonyl (C=O) groups excluding carboxylic acids is 1. The summed E-state index contributed by atoms with van der Waals surface area (Å²) < 4.78 is 0. The summed E-state index contributed by atoms with van der Waals surface area (Å²) in [6.07, 6.45) is 1.02. The molecule has 0 aromatic carbocycles. The van der Waals surface area contributed by atoms with Crippen LogP contribution in [0.25, 0.3) is 0 Å². The maximum atomic E-state index is 11.0. The molecule has 0 bridgehead atoms. The van der Waals surface area contributed by atoms with Gasteiger partial charge >= 0.3 is 5.97 Å².